The molecule has 2 amide bonds. The highest BCUT2D eigenvalue weighted by atomic mass is 79.9. The van der Waals surface area contributed by atoms with Crippen LogP contribution in [0.1, 0.15) is 5.56 Å². The number of hydrogen-bond acceptors (Lipinski definition) is 4. The zero-order valence-corrected chi connectivity index (χ0v) is 17.0. The number of benzene rings is 2. The van der Waals surface area contributed by atoms with Gasteiger partial charge in [0.1, 0.15) is 0 Å². The summed E-state index contributed by atoms with van der Waals surface area (Å²) in [4.78, 5) is 35.4. The van der Waals surface area contributed by atoms with E-state index in [1.54, 1.807) is 36.4 Å². The van der Waals surface area contributed by atoms with Crippen molar-refractivity contribution in [3.8, 4) is 0 Å². The fourth-order valence-electron chi connectivity index (χ4n) is 2.03. The van der Waals surface area contributed by atoms with Gasteiger partial charge >= 0.3 is 5.97 Å². The van der Waals surface area contributed by atoms with E-state index in [4.69, 9.17) is 27.9 Å². The van der Waals surface area contributed by atoms with Crippen LogP contribution in [0, 0.1) is 0 Å². The summed E-state index contributed by atoms with van der Waals surface area (Å²) in [5.41, 5.74) is 1.01. The Morgan fingerprint density at radius 2 is 1.63 bits per heavy atom. The third-order valence-corrected chi connectivity index (χ3v) is 4.74. The lowest BCUT2D eigenvalue weighted by molar-refractivity contribution is -0.147. The van der Waals surface area contributed by atoms with E-state index in [9.17, 15) is 14.4 Å². The summed E-state index contributed by atoms with van der Waals surface area (Å²) in [6, 6.07) is 11.9. The maximum Gasteiger partial charge on any atom is 0.310 e. The molecular weight excluding hydrogens is 459 g/mol. The van der Waals surface area contributed by atoms with Gasteiger partial charge in [-0.25, -0.2) is 0 Å². The summed E-state index contributed by atoms with van der Waals surface area (Å²) >= 11 is 15.3. The molecule has 0 aliphatic rings. The van der Waals surface area contributed by atoms with E-state index >= 15 is 0 Å². The Morgan fingerprint density at radius 1 is 0.963 bits per heavy atom. The molecule has 9 heteroatoms. The van der Waals surface area contributed by atoms with E-state index in [0.29, 0.717) is 21.3 Å². The van der Waals surface area contributed by atoms with E-state index in [1.165, 1.54) is 0 Å². The molecular formula is C18H15BrCl2N2O4. The molecule has 0 atom stereocenters. The van der Waals surface area contributed by atoms with Gasteiger partial charge in [0.2, 0.25) is 5.91 Å². The van der Waals surface area contributed by atoms with Gasteiger partial charge < -0.3 is 15.4 Å². The lowest BCUT2D eigenvalue weighted by Gasteiger charge is -2.09. The molecule has 0 aliphatic heterocycles. The molecule has 0 radical (unpaired) electrons. The summed E-state index contributed by atoms with van der Waals surface area (Å²) in [7, 11) is 0. The van der Waals surface area contributed by atoms with Crippen LogP contribution < -0.4 is 10.6 Å². The van der Waals surface area contributed by atoms with Crippen LogP contribution in [0.4, 0.5) is 5.69 Å². The minimum absolute atomic E-state index is 0.158. The lowest BCUT2D eigenvalue weighted by atomic mass is 10.1. The van der Waals surface area contributed by atoms with Crippen LogP contribution in [0.15, 0.2) is 46.9 Å². The van der Waals surface area contributed by atoms with E-state index in [2.05, 4.69) is 26.6 Å². The van der Waals surface area contributed by atoms with E-state index < -0.39 is 24.4 Å². The zero-order valence-electron chi connectivity index (χ0n) is 13.9. The second-order valence-corrected chi connectivity index (χ2v) is 7.01. The fraction of sp³-hybridized carbons (Fsp3) is 0.167. The predicted octanol–water partition coefficient (Wildman–Crippen LogP) is 3.60. The molecule has 142 valence electrons. The minimum Gasteiger partial charge on any atom is -0.455 e. The number of amides is 2. The Kier molecular flexibility index (Phi) is 8.09. The summed E-state index contributed by atoms with van der Waals surface area (Å²) in [5.74, 6) is -1.67. The largest absolute Gasteiger partial charge is 0.455 e. The van der Waals surface area contributed by atoms with E-state index in [1.807, 2.05) is 6.07 Å². The number of hydrogen-bond donors (Lipinski definition) is 2. The Balaban J connectivity index is 1.73. The monoisotopic (exact) mass is 472 g/mol. The van der Waals surface area contributed by atoms with Crippen LogP contribution in [-0.2, 0) is 25.5 Å². The van der Waals surface area contributed by atoms with Crippen molar-refractivity contribution in [2.75, 3.05) is 18.5 Å². The molecule has 0 aromatic heterocycles. The average Bonchev–Trinajstić information content (AvgIpc) is 2.63. The smallest absolute Gasteiger partial charge is 0.310 e. The maximum absolute atomic E-state index is 11.8. The van der Waals surface area contributed by atoms with E-state index in [-0.39, 0.29) is 13.0 Å². The number of carbonyl (C=O) groups is 3. The number of halogens is 3. The lowest BCUT2D eigenvalue weighted by Crippen LogP contribution is -2.35. The second-order valence-electron chi connectivity index (χ2n) is 5.34. The summed E-state index contributed by atoms with van der Waals surface area (Å²) in [5, 5.41) is 5.69. The standard InChI is InChI=1S/C18H15BrCl2N2O4/c19-12-4-1-2-7-15(12)23-16(24)9-22-17(25)10-27-18(26)8-11-13(20)5-3-6-14(11)21/h1-7H,8-10H2,(H,22,25)(H,23,24). The second kappa shape index (κ2) is 10.3. The van der Waals surface area contributed by atoms with Crippen LogP contribution >= 0.6 is 39.1 Å². The highest BCUT2D eigenvalue weighted by Crippen LogP contribution is 2.25. The van der Waals surface area contributed by atoms with Crippen molar-refractivity contribution in [3.05, 3.63) is 62.5 Å². The number of anilines is 1. The van der Waals surface area contributed by atoms with Gasteiger partial charge in [0.05, 0.1) is 18.7 Å². The molecule has 27 heavy (non-hydrogen) atoms. The van der Waals surface area contributed by atoms with Crippen molar-refractivity contribution in [3.63, 3.8) is 0 Å². The third kappa shape index (κ3) is 6.86. The zero-order chi connectivity index (χ0) is 19.8. The Hall–Kier alpha value is -2.09. The van der Waals surface area contributed by atoms with Gasteiger partial charge in [0, 0.05) is 20.1 Å². The van der Waals surface area contributed by atoms with Crippen LogP contribution in [-0.4, -0.2) is 30.9 Å². The van der Waals surface area contributed by atoms with Gasteiger partial charge in [-0.15, -0.1) is 0 Å². The number of esters is 1. The molecule has 2 rings (SSSR count). The van der Waals surface area contributed by atoms with Gasteiger partial charge in [0.15, 0.2) is 6.61 Å². The van der Waals surface area contributed by atoms with Crippen LogP contribution in [0.25, 0.3) is 0 Å². The molecule has 0 bridgehead atoms. The topological polar surface area (TPSA) is 84.5 Å². The first-order valence-corrected chi connectivity index (χ1v) is 9.31. The van der Waals surface area contributed by atoms with Crippen molar-refractivity contribution in [1.82, 2.24) is 5.32 Å². The van der Waals surface area contributed by atoms with Crippen LogP contribution in [0.5, 0.6) is 0 Å². The summed E-state index contributed by atoms with van der Waals surface area (Å²) in [6.07, 6.45) is -0.158. The number of carbonyl (C=O) groups excluding carboxylic acids is 3. The predicted molar refractivity (Wildman–Crippen MR) is 107 cm³/mol. The number of para-hydroxylation sites is 1. The van der Waals surface area contributed by atoms with Crippen molar-refractivity contribution in [2.24, 2.45) is 0 Å². The molecule has 0 saturated carbocycles. The molecule has 2 aromatic carbocycles. The Labute approximate surface area is 174 Å². The van der Waals surface area contributed by atoms with Crippen molar-refractivity contribution in [2.45, 2.75) is 6.42 Å². The van der Waals surface area contributed by atoms with Gasteiger partial charge in [-0.05, 0) is 40.2 Å². The Bertz CT molecular complexity index is 841. The number of ether oxygens (including phenoxy) is 1. The van der Waals surface area contributed by atoms with Gasteiger partial charge in [-0.1, -0.05) is 41.4 Å². The van der Waals surface area contributed by atoms with Gasteiger partial charge in [-0.2, -0.15) is 0 Å². The molecule has 0 saturated heterocycles. The van der Waals surface area contributed by atoms with Crippen LogP contribution in [0.3, 0.4) is 0 Å². The van der Waals surface area contributed by atoms with Gasteiger partial charge in [-0.3, -0.25) is 14.4 Å². The van der Waals surface area contributed by atoms with Gasteiger partial charge in [0.25, 0.3) is 5.91 Å². The first kappa shape index (κ1) is 21.2. The van der Waals surface area contributed by atoms with Crippen molar-refractivity contribution in [1.29, 1.82) is 0 Å². The number of nitrogens with one attached hydrogen (secondary N) is 2. The average molecular weight is 474 g/mol. The normalized spacial score (nSPS) is 10.2. The first-order chi connectivity index (χ1) is 12.9. The highest BCUT2D eigenvalue weighted by Gasteiger charge is 2.14. The molecule has 2 aromatic rings. The molecule has 0 unspecified atom stereocenters. The molecule has 0 heterocycles. The molecule has 0 spiro atoms. The molecule has 0 fully saturated rings. The summed E-state index contributed by atoms with van der Waals surface area (Å²) in [6.45, 7) is -0.767. The fourth-order valence-corrected chi connectivity index (χ4v) is 2.94. The maximum atomic E-state index is 11.8. The third-order valence-electron chi connectivity index (χ3n) is 3.34. The van der Waals surface area contributed by atoms with Crippen molar-refractivity contribution < 1.29 is 19.1 Å². The van der Waals surface area contributed by atoms with Crippen molar-refractivity contribution >= 4 is 62.6 Å². The highest BCUT2D eigenvalue weighted by molar-refractivity contribution is 9.10. The number of rotatable bonds is 7. The van der Waals surface area contributed by atoms with Crippen LogP contribution in [0.2, 0.25) is 10.0 Å². The summed E-state index contributed by atoms with van der Waals surface area (Å²) < 4.78 is 5.60. The Morgan fingerprint density at radius 3 is 2.30 bits per heavy atom. The quantitative estimate of drug-likeness (QED) is 0.601. The first-order valence-electron chi connectivity index (χ1n) is 7.76. The molecule has 0 aliphatic carbocycles. The van der Waals surface area contributed by atoms with E-state index in [0.717, 1.165) is 4.47 Å². The molecule has 2 N–H and O–H groups in total. The molecule has 6 nitrogen and oxygen atoms in total. The SMILES string of the molecule is O=C(COC(=O)Cc1c(Cl)cccc1Cl)NCC(=O)Nc1ccccc1Br. The minimum atomic E-state index is -0.655.